The van der Waals surface area contributed by atoms with Gasteiger partial charge in [0.15, 0.2) is 0 Å². The van der Waals surface area contributed by atoms with Crippen LogP contribution in [-0.2, 0) is 0 Å². The van der Waals surface area contributed by atoms with Gasteiger partial charge in [-0.25, -0.2) is 8.78 Å². The van der Waals surface area contributed by atoms with E-state index in [-0.39, 0.29) is 5.56 Å². The minimum absolute atomic E-state index is 0.264. The summed E-state index contributed by atoms with van der Waals surface area (Å²) in [4.78, 5) is 0. The Labute approximate surface area is 123 Å². The molecule has 0 fully saturated rings. The van der Waals surface area contributed by atoms with Gasteiger partial charge in [-0.05, 0) is 40.2 Å². The molecule has 0 aromatic heterocycles. The van der Waals surface area contributed by atoms with Gasteiger partial charge in [0.1, 0.15) is 17.4 Å². The lowest BCUT2D eigenvalue weighted by molar-refractivity contribution is 0.408. The van der Waals surface area contributed by atoms with E-state index in [9.17, 15) is 8.78 Å². The maximum atomic E-state index is 14.0. The van der Waals surface area contributed by atoms with Crippen molar-refractivity contribution in [3.05, 3.63) is 63.6 Å². The third-order valence-corrected chi connectivity index (χ3v) is 3.80. The molecule has 0 saturated carbocycles. The summed E-state index contributed by atoms with van der Waals surface area (Å²) < 4.78 is 32.8. The highest BCUT2D eigenvalue weighted by molar-refractivity contribution is 9.10. The lowest BCUT2D eigenvalue weighted by Crippen LogP contribution is -2.01. The molecular weight excluding hydrogens is 338 g/mol. The van der Waals surface area contributed by atoms with Crippen molar-refractivity contribution < 1.29 is 13.5 Å². The highest BCUT2D eigenvalue weighted by atomic mass is 79.9. The van der Waals surface area contributed by atoms with E-state index in [0.29, 0.717) is 15.8 Å². The number of benzene rings is 2. The third-order valence-electron chi connectivity index (χ3n) is 2.72. The Morgan fingerprint density at radius 1 is 1.16 bits per heavy atom. The van der Waals surface area contributed by atoms with Gasteiger partial charge in [0.25, 0.3) is 0 Å². The average molecular weight is 348 g/mol. The van der Waals surface area contributed by atoms with Crippen LogP contribution < -0.4 is 4.74 Å². The van der Waals surface area contributed by atoms with E-state index in [1.54, 1.807) is 18.2 Å². The van der Waals surface area contributed by atoms with Crippen LogP contribution in [0.4, 0.5) is 8.78 Å². The van der Waals surface area contributed by atoms with Crippen LogP contribution >= 0.6 is 27.5 Å². The first-order valence-electron chi connectivity index (χ1n) is 5.46. The van der Waals surface area contributed by atoms with E-state index in [0.717, 1.165) is 0 Å². The van der Waals surface area contributed by atoms with E-state index in [1.807, 2.05) is 0 Å². The fraction of sp³-hybridized carbons (Fsp3) is 0.143. The Bertz CT molecular complexity index is 604. The van der Waals surface area contributed by atoms with Crippen molar-refractivity contribution in [3.63, 3.8) is 0 Å². The van der Waals surface area contributed by atoms with E-state index in [4.69, 9.17) is 16.3 Å². The van der Waals surface area contributed by atoms with E-state index < -0.39 is 17.0 Å². The molecule has 2 rings (SSSR count). The van der Waals surface area contributed by atoms with Crippen LogP contribution in [0.2, 0.25) is 0 Å². The van der Waals surface area contributed by atoms with E-state index in [1.165, 1.54) is 25.3 Å². The zero-order valence-corrected chi connectivity index (χ0v) is 12.3. The first-order chi connectivity index (χ1) is 9.04. The molecule has 0 radical (unpaired) electrons. The van der Waals surface area contributed by atoms with Gasteiger partial charge in [-0.15, -0.1) is 11.6 Å². The molecule has 0 N–H and O–H groups in total. The summed E-state index contributed by atoms with van der Waals surface area (Å²) in [6.45, 7) is 0. The smallest absolute Gasteiger partial charge is 0.142 e. The first kappa shape index (κ1) is 14.3. The monoisotopic (exact) mass is 346 g/mol. The summed E-state index contributed by atoms with van der Waals surface area (Å²) in [7, 11) is 1.46. The summed E-state index contributed by atoms with van der Waals surface area (Å²) >= 11 is 9.36. The number of ether oxygens (including phenoxy) is 1. The van der Waals surface area contributed by atoms with Crippen molar-refractivity contribution in [1.82, 2.24) is 0 Å². The Kier molecular flexibility index (Phi) is 4.42. The van der Waals surface area contributed by atoms with Crippen molar-refractivity contribution >= 4 is 27.5 Å². The quantitative estimate of drug-likeness (QED) is 0.705. The molecular formula is C14H10BrClF2O. The topological polar surface area (TPSA) is 9.23 Å². The predicted molar refractivity (Wildman–Crippen MR) is 74.7 cm³/mol. The fourth-order valence-corrected chi connectivity index (χ4v) is 2.51. The van der Waals surface area contributed by atoms with E-state index in [2.05, 4.69) is 15.9 Å². The van der Waals surface area contributed by atoms with Gasteiger partial charge >= 0.3 is 0 Å². The summed E-state index contributed by atoms with van der Waals surface area (Å²) in [6, 6.07) is 8.78. The van der Waals surface area contributed by atoms with Gasteiger partial charge in [-0.1, -0.05) is 12.1 Å². The number of hydrogen-bond donors (Lipinski definition) is 0. The molecule has 2 aromatic carbocycles. The molecule has 0 saturated heterocycles. The molecule has 0 heterocycles. The standard InChI is InChI=1S/C14H10BrClF2O/c1-19-12-6-5-8(17)7-10(12)13(16)9-3-2-4-11(15)14(9)18/h2-7,13H,1H3. The van der Waals surface area contributed by atoms with Gasteiger partial charge < -0.3 is 4.74 Å². The van der Waals surface area contributed by atoms with Crippen LogP contribution in [0.5, 0.6) is 5.75 Å². The lowest BCUT2D eigenvalue weighted by Gasteiger charge is -2.15. The van der Waals surface area contributed by atoms with Crippen LogP contribution in [0.15, 0.2) is 40.9 Å². The summed E-state index contributed by atoms with van der Waals surface area (Å²) in [5.41, 5.74) is 0.654. The number of alkyl halides is 1. The minimum atomic E-state index is -0.830. The summed E-state index contributed by atoms with van der Waals surface area (Å²) in [5.74, 6) is -0.494. The molecule has 0 amide bonds. The average Bonchev–Trinajstić information content (AvgIpc) is 2.41. The fourth-order valence-electron chi connectivity index (χ4n) is 1.79. The predicted octanol–water partition coefficient (Wildman–Crippen LogP) is 5.06. The number of rotatable bonds is 3. The molecule has 1 unspecified atom stereocenters. The SMILES string of the molecule is COc1ccc(F)cc1C(Cl)c1cccc(Br)c1F. The molecule has 0 aliphatic carbocycles. The van der Waals surface area contributed by atoms with Gasteiger partial charge in [-0.2, -0.15) is 0 Å². The maximum Gasteiger partial charge on any atom is 0.142 e. The van der Waals surface area contributed by atoms with Gasteiger partial charge in [0, 0.05) is 11.1 Å². The third kappa shape index (κ3) is 2.90. The molecule has 5 heteroatoms. The molecule has 1 nitrogen and oxygen atoms in total. The second-order valence-electron chi connectivity index (χ2n) is 3.89. The van der Waals surface area contributed by atoms with Crippen molar-refractivity contribution in [2.24, 2.45) is 0 Å². The van der Waals surface area contributed by atoms with Crippen LogP contribution in [0.25, 0.3) is 0 Å². The molecule has 0 aliphatic heterocycles. The Morgan fingerprint density at radius 2 is 1.89 bits per heavy atom. The zero-order valence-electron chi connectivity index (χ0n) is 9.96. The van der Waals surface area contributed by atoms with Crippen LogP contribution in [0.1, 0.15) is 16.5 Å². The second kappa shape index (κ2) is 5.88. The minimum Gasteiger partial charge on any atom is -0.496 e. The van der Waals surface area contributed by atoms with Gasteiger partial charge in [-0.3, -0.25) is 0 Å². The first-order valence-corrected chi connectivity index (χ1v) is 6.69. The van der Waals surface area contributed by atoms with Crippen LogP contribution in [0.3, 0.4) is 0 Å². The molecule has 0 bridgehead atoms. The molecule has 0 aliphatic rings. The van der Waals surface area contributed by atoms with Crippen LogP contribution in [0, 0.1) is 11.6 Å². The van der Waals surface area contributed by atoms with Crippen molar-refractivity contribution in [2.45, 2.75) is 5.38 Å². The second-order valence-corrected chi connectivity index (χ2v) is 5.18. The lowest BCUT2D eigenvalue weighted by atomic mass is 10.0. The van der Waals surface area contributed by atoms with Crippen molar-refractivity contribution in [3.8, 4) is 5.75 Å². The van der Waals surface area contributed by atoms with Crippen molar-refractivity contribution in [2.75, 3.05) is 7.11 Å². The number of halogens is 4. The Balaban J connectivity index is 2.52. The van der Waals surface area contributed by atoms with Gasteiger partial charge in [0.2, 0.25) is 0 Å². The van der Waals surface area contributed by atoms with Crippen LogP contribution in [-0.4, -0.2) is 7.11 Å². The number of hydrogen-bond acceptors (Lipinski definition) is 1. The molecule has 1 atom stereocenters. The Morgan fingerprint density at radius 3 is 2.58 bits per heavy atom. The van der Waals surface area contributed by atoms with E-state index >= 15 is 0 Å². The van der Waals surface area contributed by atoms with Gasteiger partial charge in [0.05, 0.1) is 17.0 Å². The summed E-state index contributed by atoms with van der Waals surface area (Å²) in [6.07, 6.45) is 0. The van der Waals surface area contributed by atoms with Crippen molar-refractivity contribution in [1.29, 1.82) is 0 Å². The molecule has 19 heavy (non-hydrogen) atoms. The highest BCUT2D eigenvalue weighted by Gasteiger charge is 2.20. The normalized spacial score (nSPS) is 12.3. The molecule has 0 spiro atoms. The highest BCUT2D eigenvalue weighted by Crippen LogP contribution is 2.37. The number of methoxy groups -OCH3 is 1. The largest absolute Gasteiger partial charge is 0.496 e. The molecule has 2 aromatic rings. The maximum absolute atomic E-state index is 14.0. The Hall–Kier alpha value is -1.13. The molecule has 100 valence electrons. The summed E-state index contributed by atoms with van der Waals surface area (Å²) in [5, 5.41) is -0.830. The zero-order chi connectivity index (χ0) is 14.0.